The van der Waals surface area contributed by atoms with E-state index >= 15 is 0 Å². The van der Waals surface area contributed by atoms with E-state index in [1.54, 1.807) is 29.2 Å². The molecule has 2 fully saturated rings. The van der Waals surface area contributed by atoms with Crippen LogP contribution in [0.25, 0.3) is 0 Å². The third-order valence-electron chi connectivity index (χ3n) is 6.46. The van der Waals surface area contributed by atoms with Gasteiger partial charge in [-0.2, -0.15) is 13.2 Å². The zero-order valence-corrected chi connectivity index (χ0v) is 20.3. The fraction of sp³-hybridized carbons (Fsp3) is 0.423. The molecule has 0 aliphatic carbocycles. The Morgan fingerprint density at radius 3 is 2.35 bits per heavy atom. The minimum atomic E-state index is -4.38. The van der Waals surface area contributed by atoms with Gasteiger partial charge in [0.2, 0.25) is 0 Å². The molecule has 1 spiro atoms. The van der Waals surface area contributed by atoms with Gasteiger partial charge in [0, 0.05) is 25.9 Å². The molecule has 0 aromatic heterocycles. The molecule has 2 heterocycles. The first-order valence-corrected chi connectivity index (χ1v) is 12.0. The molecule has 2 amide bonds. The van der Waals surface area contributed by atoms with Gasteiger partial charge < -0.3 is 24.5 Å². The molecular formula is C26H28F3N3O5. The van der Waals surface area contributed by atoms with Gasteiger partial charge in [-0.25, -0.2) is 4.79 Å². The number of alkyl halides is 3. The number of nitrogens with one attached hydrogen (secondary N) is 1. The summed E-state index contributed by atoms with van der Waals surface area (Å²) in [5.74, 6) is 0.393. The van der Waals surface area contributed by atoms with Crippen LogP contribution in [0.2, 0.25) is 0 Å². The lowest BCUT2D eigenvalue weighted by molar-refractivity contribution is -0.138. The van der Waals surface area contributed by atoms with Gasteiger partial charge in [-0.15, -0.1) is 0 Å². The van der Waals surface area contributed by atoms with Crippen LogP contribution >= 0.6 is 0 Å². The maximum absolute atomic E-state index is 12.7. The number of hydrogen-bond acceptors (Lipinski definition) is 6. The van der Waals surface area contributed by atoms with Crippen LogP contribution < -0.4 is 10.1 Å². The van der Waals surface area contributed by atoms with Crippen molar-refractivity contribution >= 4 is 17.7 Å². The predicted molar refractivity (Wildman–Crippen MR) is 128 cm³/mol. The molecule has 8 nitrogen and oxygen atoms in total. The molecule has 0 saturated carbocycles. The molecule has 37 heavy (non-hydrogen) atoms. The van der Waals surface area contributed by atoms with Gasteiger partial charge in [0.1, 0.15) is 18.0 Å². The Kier molecular flexibility index (Phi) is 7.89. The summed E-state index contributed by atoms with van der Waals surface area (Å²) in [6.07, 6.45) is -3.03. The van der Waals surface area contributed by atoms with Crippen LogP contribution in [0.5, 0.6) is 5.75 Å². The molecule has 2 saturated heterocycles. The Morgan fingerprint density at radius 2 is 1.78 bits per heavy atom. The van der Waals surface area contributed by atoms with Crippen molar-refractivity contribution in [3.8, 4) is 5.75 Å². The summed E-state index contributed by atoms with van der Waals surface area (Å²) in [5, 5.41) is 6.81. The van der Waals surface area contributed by atoms with Gasteiger partial charge in [0.15, 0.2) is 6.61 Å². The standard InChI is InChI=1S/C26H28F3N3O5/c1-2-22(31-36-15-18-3-7-20(8-4-18)26(27,28)29)19-5-9-21(10-6-19)35-16-23(33)32-13-11-25(12-14-32)17-30-24(34)37-25/h3-10H,2,11-17H2,1H3,(H,30,34)/b31-22-. The molecular weight excluding hydrogens is 491 g/mol. The van der Waals surface area contributed by atoms with Gasteiger partial charge in [-0.3, -0.25) is 4.79 Å². The fourth-order valence-electron chi connectivity index (χ4n) is 4.22. The maximum Gasteiger partial charge on any atom is 0.416 e. The highest BCUT2D eigenvalue weighted by Gasteiger charge is 2.43. The number of halogens is 3. The first-order valence-electron chi connectivity index (χ1n) is 12.0. The first kappa shape index (κ1) is 26.3. The van der Waals surface area contributed by atoms with Crippen LogP contribution in [0.4, 0.5) is 18.0 Å². The van der Waals surface area contributed by atoms with E-state index in [1.807, 2.05) is 6.92 Å². The quantitative estimate of drug-likeness (QED) is 0.409. The number of alkyl carbamates (subject to hydrolysis) is 1. The second kappa shape index (κ2) is 11.1. The van der Waals surface area contributed by atoms with Crippen molar-refractivity contribution in [1.29, 1.82) is 0 Å². The average molecular weight is 520 g/mol. The minimum Gasteiger partial charge on any atom is -0.484 e. The van der Waals surface area contributed by atoms with E-state index < -0.39 is 23.4 Å². The van der Waals surface area contributed by atoms with Gasteiger partial charge in [-0.05, 0) is 53.9 Å². The highest BCUT2D eigenvalue weighted by Crippen LogP contribution is 2.30. The zero-order valence-electron chi connectivity index (χ0n) is 20.3. The van der Waals surface area contributed by atoms with Crippen LogP contribution in [0, 0.1) is 0 Å². The van der Waals surface area contributed by atoms with Crippen LogP contribution in [-0.2, 0) is 27.2 Å². The molecule has 2 aliphatic heterocycles. The average Bonchev–Trinajstić information content (AvgIpc) is 3.25. The summed E-state index contributed by atoms with van der Waals surface area (Å²) in [4.78, 5) is 31.0. The summed E-state index contributed by atoms with van der Waals surface area (Å²) < 4.78 is 49.1. The summed E-state index contributed by atoms with van der Waals surface area (Å²) in [6, 6.07) is 11.8. The van der Waals surface area contributed by atoms with Crippen molar-refractivity contribution in [2.45, 2.75) is 44.6 Å². The topological polar surface area (TPSA) is 89.5 Å². The third-order valence-corrected chi connectivity index (χ3v) is 6.46. The number of likely N-dealkylation sites (tertiary alicyclic amines) is 1. The Hall–Kier alpha value is -3.76. The molecule has 2 aliphatic rings. The van der Waals surface area contributed by atoms with E-state index in [2.05, 4.69) is 10.5 Å². The van der Waals surface area contributed by atoms with Crippen molar-refractivity contribution < 1.29 is 37.1 Å². The zero-order chi connectivity index (χ0) is 26.5. The van der Waals surface area contributed by atoms with Crippen molar-refractivity contribution in [2.75, 3.05) is 26.2 Å². The third kappa shape index (κ3) is 6.72. The molecule has 2 aromatic carbocycles. The van der Waals surface area contributed by atoms with E-state index in [1.165, 1.54) is 12.1 Å². The number of benzene rings is 2. The molecule has 0 bridgehead atoms. The number of nitrogens with zero attached hydrogens (tertiary/aromatic N) is 2. The molecule has 1 N–H and O–H groups in total. The van der Waals surface area contributed by atoms with Crippen molar-refractivity contribution in [1.82, 2.24) is 10.2 Å². The Morgan fingerprint density at radius 1 is 1.11 bits per heavy atom. The van der Waals surface area contributed by atoms with E-state index in [0.29, 0.717) is 55.9 Å². The normalized spacial score (nSPS) is 17.4. The second-order valence-corrected chi connectivity index (χ2v) is 8.98. The van der Waals surface area contributed by atoms with Crippen LogP contribution in [-0.4, -0.2) is 54.5 Å². The SMILES string of the molecule is CC/C(=N/OCc1ccc(C(F)(F)F)cc1)c1ccc(OCC(=O)N2CCC3(CC2)CNC(=O)O3)cc1. The Balaban J connectivity index is 1.24. The van der Waals surface area contributed by atoms with Gasteiger partial charge in [0.05, 0.1) is 17.8 Å². The van der Waals surface area contributed by atoms with Crippen LogP contribution in [0.1, 0.15) is 42.9 Å². The van der Waals surface area contributed by atoms with Gasteiger partial charge in [0.25, 0.3) is 5.91 Å². The first-order chi connectivity index (χ1) is 17.7. The number of amides is 2. The lowest BCUT2D eigenvalue weighted by Crippen LogP contribution is -2.49. The summed E-state index contributed by atoms with van der Waals surface area (Å²) in [6.45, 7) is 3.32. The summed E-state index contributed by atoms with van der Waals surface area (Å²) >= 11 is 0. The lowest BCUT2D eigenvalue weighted by Gasteiger charge is -2.37. The van der Waals surface area contributed by atoms with Crippen LogP contribution in [0.15, 0.2) is 53.7 Å². The predicted octanol–water partition coefficient (Wildman–Crippen LogP) is 4.52. The molecule has 2 aromatic rings. The number of oxime groups is 1. The molecule has 0 atom stereocenters. The summed E-state index contributed by atoms with van der Waals surface area (Å²) in [7, 11) is 0. The monoisotopic (exact) mass is 519 g/mol. The smallest absolute Gasteiger partial charge is 0.416 e. The number of piperidine rings is 1. The number of ether oxygens (including phenoxy) is 2. The molecule has 11 heteroatoms. The Bertz CT molecular complexity index is 1130. The van der Waals surface area contributed by atoms with Crippen molar-refractivity contribution in [3.05, 3.63) is 65.2 Å². The maximum atomic E-state index is 12.7. The highest BCUT2D eigenvalue weighted by molar-refractivity contribution is 6.00. The minimum absolute atomic E-state index is 0.0432. The molecule has 198 valence electrons. The van der Waals surface area contributed by atoms with E-state index in [9.17, 15) is 22.8 Å². The van der Waals surface area contributed by atoms with Gasteiger partial charge in [-0.1, -0.05) is 24.2 Å². The largest absolute Gasteiger partial charge is 0.484 e. The van der Waals surface area contributed by atoms with Crippen LogP contribution in [0.3, 0.4) is 0 Å². The van der Waals surface area contributed by atoms with Crippen molar-refractivity contribution in [3.63, 3.8) is 0 Å². The number of hydrogen-bond donors (Lipinski definition) is 1. The Labute approximate surface area is 212 Å². The van der Waals surface area contributed by atoms with E-state index in [0.717, 1.165) is 17.7 Å². The number of carbonyl (C=O) groups excluding carboxylic acids is 2. The number of carbonyl (C=O) groups is 2. The fourth-order valence-corrected chi connectivity index (χ4v) is 4.22. The highest BCUT2D eigenvalue weighted by atomic mass is 19.4. The molecule has 0 unspecified atom stereocenters. The molecule has 4 rings (SSSR count). The van der Waals surface area contributed by atoms with E-state index in [-0.39, 0.29) is 19.1 Å². The number of rotatable bonds is 8. The lowest BCUT2D eigenvalue weighted by atomic mass is 9.91. The molecule has 0 radical (unpaired) electrons. The summed E-state index contributed by atoms with van der Waals surface area (Å²) in [5.41, 5.74) is 0.819. The van der Waals surface area contributed by atoms with Gasteiger partial charge >= 0.3 is 12.3 Å². The second-order valence-electron chi connectivity index (χ2n) is 8.98. The van der Waals surface area contributed by atoms with Crippen molar-refractivity contribution in [2.24, 2.45) is 5.16 Å². The van der Waals surface area contributed by atoms with E-state index in [4.69, 9.17) is 14.3 Å².